The number of ether oxygens (including phenoxy) is 1. The fourth-order valence-electron chi connectivity index (χ4n) is 2.23. The van der Waals surface area contributed by atoms with Crippen LogP contribution in [0.25, 0.3) is 0 Å². The van der Waals surface area contributed by atoms with E-state index in [-0.39, 0.29) is 17.6 Å². The predicted octanol–water partition coefficient (Wildman–Crippen LogP) is 4.90. The zero-order valence-electron chi connectivity index (χ0n) is 10.2. The molecule has 2 rings (SSSR count). The summed E-state index contributed by atoms with van der Waals surface area (Å²) < 4.78 is 8.87. The largest absolute Gasteiger partial charge is 0.487 e. The van der Waals surface area contributed by atoms with E-state index in [1.165, 1.54) is 0 Å². The number of benzene rings is 1. The smallest absolute Gasteiger partial charge is 0.148 e. The second-order valence-electron chi connectivity index (χ2n) is 4.92. The lowest BCUT2D eigenvalue weighted by Gasteiger charge is -2.50. The molecule has 100 valence electrons. The molecule has 1 fully saturated rings. The third-order valence-electron chi connectivity index (χ3n) is 3.92. The normalized spacial score (nSPS) is 31.0. The van der Waals surface area contributed by atoms with Crippen molar-refractivity contribution in [2.45, 2.75) is 38.9 Å². The lowest BCUT2D eigenvalue weighted by atomic mass is 9.63. The molecule has 1 aliphatic carbocycles. The molecule has 0 bridgehead atoms. The van der Waals surface area contributed by atoms with Crippen LogP contribution in [0.5, 0.6) is 5.75 Å². The van der Waals surface area contributed by atoms with E-state index in [9.17, 15) is 5.11 Å². The predicted molar refractivity (Wildman–Crippen MR) is 83.0 cm³/mol. The van der Waals surface area contributed by atoms with Crippen LogP contribution in [0.2, 0.25) is 0 Å². The summed E-state index contributed by atoms with van der Waals surface area (Å²) >= 11 is 10.4. The summed E-state index contributed by atoms with van der Waals surface area (Å²) in [5.41, 5.74) is -0.147. The van der Waals surface area contributed by atoms with Crippen LogP contribution in [0, 0.1) is 5.41 Å². The Labute approximate surface area is 132 Å². The van der Waals surface area contributed by atoms with Gasteiger partial charge in [0.25, 0.3) is 0 Å². The Bertz CT molecular complexity index is 441. The number of rotatable bonds is 3. The summed E-state index contributed by atoms with van der Waals surface area (Å²) in [6, 6.07) is 3.91. The highest BCUT2D eigenvalue weighted by Gasteiger charge is 2.51. The molecule has 0 aromatic heterocycles. The van der Waals surface area contributed by atoms with Gasteiger partial charge in [-0.2, -0.15) is 0 Å². The van der Waals surface area contributed by atoms with Gasteiger partial charge in [0.2, 0.25) is 0 Å². The van der Waals surface area contributed by atoms with Crippen LogP contribution in [0.4, 0.5) is 0 Å². The van der Waals surface area contributed by atoms with Crippen LogP contribution in [0.15, 0.2) is 25.6 Å². The van der Waals surface area contributed by atoms with E-state index in [4.69, 9.17) is 4.74 Å². The molecular weight excluding hydrogens is 428 g/mol. The third kappa shape index (κ3) is 2.51. The molecule has 3 unspecified atom stereocenters. The van der Waals surface area contributed by atoms with Crippen molar-refractivity contribution in [1.82, 2.24) is 0 Å². The first-order valence-electron chi connectivity index (χ1n) is 5.87. The van der Waals surface area contributed by atoms with Crippen LogP contribution in [0.3, 0.4) is 0 Å². The Morgan fingerprint density at radius 3 is 2.33 bits per heavy atom. The van der Waals surface area contributed by atoms with Gasteiger partial charge in [-0.05, 0) is 50.4 Å². The Morgan fingerprint density at radius 1 is 1.33 bits per heavy atom. The van der Waals surface area contributed by atoms with E-state index in [2.05, 4.69) is 61.6 Å². The Morgan fingerprint density at radius 2 is 1.89 bits per heavy atom. The number of hydrogen-bond donors (Lipinski definition) is 1. The molecule has 1 aromatic rings. The van der Waals surface area contributed by atoms with Gasteiger partial charge in [-0.25, -0.2) is 0 Å². The zero-order chi connectivity index (χ0) is 13.5. The Balaban J connectivity index is 2.21. The molecule has 0 heterocycles. The van der Waals surface area contributed by atoms with Gasteiger partial charge in [0.1, 0.15) is 11.9 Å². The molecule has 3 atom stereocenters. The number of aliphatic hydroxyl groups is 1. The van der Waals surface area contributed by atoms with Gasteiger partial charge in [-0.1, -0.05) is 29.8 Å². The number of hydrogen-bond acceptors (Lipinski definition) is 2. The summed E-state index contributed by atoms with van der Waals surface area (Å²) in [5, 5.41) is 9.89. The summed E-state index contributed by atoms with van der Waals surface area (Å²) in [4.78, 5) is 0. The molecule has 0 amide bonds. The van der Waals surface area contributed by atoms with Crippen molar-refractivity contribution in [2.24, 2.45) is 5.41 Å². The molecule has 1 aromatic carbocycles. The second-order valence-corrected chi connectivity index (χ2v) is 7.54. The van der Waals surface area contributed by atoms with Crippen molar-refractivity contribution in [3.63, 3.8) is 0 Å². The average Bonchev–Trinajstić information content (AvgIpc) is 2.30. The summed E-state index contributed by atoms with van der Waals surface area (Å²) in [6.07, 6.45) is 1.40. The lowest BCUT2D eigenvalue weighted by molar-refractivity contribution is -0.147. The minimum atomic E-state index is -0.263. The van der Waals surface area contributed by atoms with Gasteiger partial charge in [-0.15, -0.1) is 0 Å². The van der Waals surface area contributed by atoms with Crippen LogP contribution in [0.1, 0.15) is 26.7 Å². The van der Waals surface area contributed by atoms with Gasteiger partial charge < -0.3 is 9.84 Å². The highest BCUT2D eigenvalue weighted by Crippen LogP contribution is 2.48. The van der Waals surface area contributed by atoms with E-state index >= 15 is 0 Å². The molecule has 1 N–H and O–H groups in total. The van der Waals surface area contributed by atoms with Crippen molar-refractivity contribution in [3.05, 3.63) is 25.6 Å². The molecule has 5 heteroatoms. The first-order chi connectivity index (χ1) is 8.38. The molecule has 0 radical (unpaired) electrons. The maximum atomic E-state index is 9.89. The molecular formula is C13H15Br3O2. The van der Waals surface area contributed by atoms with E-state index in [1.807, 2.05) is 12.1 Å². The highest BCUT2D eigenvalue weighted by molar-refractivity contribution is 9.11. The summed E-state index contributed by atoms with van der Waals surface area (Å²) in [6.45, 7) is 4.16. The minimum absolute atomic E-state index is 0.0614. The van der Waals surface area contributed by atoms with Crippen molar-refractivity contribution in [3.8, 4) is 5.75 Å². The Hall–Kier alpha value is 0.420. The maximum Gasteiger partial charge on any atom is 0.148 e. The van der Waals surface area contributed by atoms with Crippen molar-refractivity contribution in [1.29, 1.82) is 0 Å². The quantitative estimate of drug-likeness (QED) is 0.721. The van der Waals surface area contributed by atoms with Gasteiger partial charge in [0.05, 0.1) is 15.0 Å². The first kappa shape index (κ1) is 14.8. The lowest BCUT2D eigenvalue weighted by Crippen LogP contribution is -2.57. The average molecular weight is 443 g/mol. The molecule has 2 nitrogen and oxygen atoms in total. The maximum absolute atomic E-state index is 9.89. The van der Waals surface area contributed by atoms with Gasteiger partial charge in [0, 0.05) is 16.3 Å². The highest BCUT2D eigenvalue weighted by atomic mass is 79.9. The zero-order valence-corrected chi connectivity index (χ0v) is 15.0. The van der Waals surface area contributed by atoms with E-state index in [1.54, 1.807) is 0 Å². The molecule has 18 heavy (non-hydrogen) atoms. The number of halogens is 3. The van der Waals surface area contributed by atoms with Gasteiger partial charge >= 0.3 is 0 Å². The van der Waals surface area contributed by atoms with Crippen molar-refractivity contribution >= 4 is 47.8 Å². The first-order valence-corrected chi connectivity index (χ1v) is 8.25. The SMILES string of the molecule is CCC1(C)C(O)CC1Oc1c(Br)cc(Br)cc1Br. The minimum Gasteiger partial charge on any atom is -0.487 e. The van der Waals surface area contributed by atoms with Gasteiger partial charge in [0.15, 0.2) is 0 Å². The molecule has 1 saturated carbocycles. The fourth-order valence-corrected chi connectivity index (χ4v) is 4.67. The molecule has 0 aliphatic heterocycles. The van der Waals surface area contributed by atoms with E-state index in [0.29, 0.717) is 6.42 Å². The summed E-state index contributed by atoms with van der Waals surface area (Å²) in [7, 11) is 0. The van der Waals surface area contributed by atoms with Crippen molar-refractivity contribution < 1.29 is 9.84 Å². The Kier molecular flexibility index (Phi) is 4.47. The van der Waals surface area contributed by atoms with Crippen LogP contribution < -0.4 is 4.74 Å². The molecule has 0 saturated heterocycles. The standard InChI is InChI=1S/C13H15Br3O2/c1-3-13(2)10(17)6-11(13)18-12-8(15)4-7(14)5-9(12)16/h4-5,10-11,17H,3,6H2,1-2H3. The van der Waals surface area contributed by atoms with Gasteiger partial charge in [-0.3, -0.25) is 0 Å². The van der Waals surface area contributed by atoms with Crippen LogP contribution in [-0.2, 0) is 0 Å². The third-order valence-corrected chi connectivity index (χ3v) is 5.55. The topological polar surface area (TPSA) is 29.5 Å². The second kappa shape index (κ2) is 5.43. The van der Waals surface area contributed by atoms with E-state index < -0.39 is 0 Å². The summed E-state index contributed by atoms with van der Waals surface area (Å²) in [5.74, 6) is 0.801. The van der Waals surface area contributed by atoms with Crippen LogP contribution in [-0.4, -0.2) is 17.3 Å². The monoisotopic (exact) mass is 440 g/mol. The van der Waals surface area contributed by atoms with E-state index in [0.717, 1.165) is 25.6 Å². The fraction of sp³-hybridized carbons (Fsp3) is 0.538. The van der Waals surface area contributed by atoms with Crippen LogP contribution >= 0.6 is 47.8 Å². The van der Waals surface area contributed by atoms with Crippen molar-refractivity contribution in [2.75, 3.05) is 0 Å². The number of aliphatic hydroxyl groups excluding tert-OH is 1. The molecule has 0 spiro atoms. The molecule has 1 aliphatic rings.